The number of nitrogens with one attached hydrogen (secondary N) is 2. The number of rotatable bonds is 6. The van der Waals surface area contributed by atoms with Gasteiger partial charge in [0.05, 0.1) is 16.7 Å². The zero-order valence-corrected chi connectivity index (χ0v) is 17.5. The van der Waals surface area contributed by atoms with Crippen LogP contribution in [0.15, 0.2) is 66.7 Å². The maximum Gasteiger partial charge on any atom is 0.432 e. The molecule has 0 unspecified atom stereocenters. The van der Waals surface area contributed by atoms with Crippen molar-refractivity contribution in [3.05, 3.63) is 71.8 Å². The fourth-order valence-corrected chi connectivity index (χ4v) is 4.06. The molecule has 0 aliphatic carbocycles. The molecular formula is C21H19ClN3O3P. The second-order valence-corrected chi connectivity index (χ2v) is 8.73. The normalized spacial score (nSPS) is 11.7. The molecule has 4 aromatic rings. The molecule has 3 aromatic carbocycles. The number of hydrogen-bond donors (Lipinski definition) is 2. The lowest BCUT2D eigenvalue weighted by molar-refractivity contribution is 0.281. The number of hydrogen-bond acceptors (Lipinski definition) is 5. The van der Waals surface area contributed by atoms with Gasteiger partial charge in [-0.05, 0) is 48.5 Å². The Balaban J connectivity index is 1.73. The summed E-state index contributed by atoms with van der Waals surface area (Å²) in [6.07, 6.45) is 0. The molecule has 0 bridgehead atoms. The number of halogens is 1. The zero-order chi connectivity index (χ0) is 20.4. The summed E-state index contributed by atoms with van der Waals surface area (Å²) >= 11 is 6.24. The van der Waals surface area contributed by atoms with Crippen LogP contribution in [0.2, 0.25) is 5.02 Å². The molecule has 1 aromatic heterocycles. The summed E-state index contributed by atoms with van der Waals surface area (Å²) in [6.45, 7) is 0. The molecule has 0 atom stereocenters. The van der Waals surface area contributed by atoms with E-state index in [2.05, 4.69) is 10.4 Å². The Morgan fingerprint density at radius 2 is 1.52 bits per heavy atom. The minimum absolute atomic E-state index is 0.620. The second-order valence-electron chi connectivity index (χ2n) is 6.34. The molecule has 0 aliphatic heterocycles. The van der Waals surface area contributed by atoms with E-state index in [-0.39, 0.29) is 0 Å². The van der Waals surface area contributed by atoms with Crippen LogP contribution in [0, 0.1) is 0 Å². The number of benzene rings is 3. The van der Waals surface area contributed by atoms with Crippen LogP contribution in [-0.2, 0) is 13.6 Å². The monoisotopic (exact) mass is 427 g/mol. The summed E-state index contributed by atoms with van der Waals surface area (Å²) in [4.78, 5) is 4.73. The zero-order valence-electron chi connectivity index (χ0n) is 15.8. The first-order chi connectivity index (χ1) is 14.0. The SMILES string of the molecule is COP(=O)(Nc1ccc(Nc2c3ccccc3nc3ccc(Cl)cc23)cc1)OC. The Kier molecular flexibility index (Phi) is 5.43. The molecule has 0 aliphatic rings. The van der Waals surface area contributed by atoms with Crippen molar-refractivity contribution < 1.29 is 13.6 Å². The fourth-order valence-electron chi connectivity index (χ4n) is 3.09. The quantitative estimate of drug-likeness (QED) is 0.267. The largest absolute Gasteiger partial charge is 0.432 e. The molecule has 0 saturated heterocycles. The average Bonchev–Trinajstić information content (AvgIpc) is 2.75. The van der Waals surface area contributed by atoms with Gasteiger partial charge in [-0.1, -0.05) is 29.8 Å². The molecule has 1 heterocycles. The summed E-state index contributed by atoms with van der Waals surface area (Å²) in [5.74, 6) is 0. The highest BCUT2D eigenvalue weighted by Gasteiger charge is 2.20. The van der Waals surface area contributed by atoms with Crippen LogP contribution in [0.4, 0.5) is 17.1 Å². The molecule has 4 rings (SSSR count). The minimum atomic E-state index is -3.35. The first-order valence-corrected chi connectivity index (χ1v) is 10.8. The number of anilines is 3. The molecule has 0 amide bonds. The summed E-state index contributed by atoms with van der Waals surface area (Å²) in [7, 11) is -0.686. The molecule has 148 valence electrons. The Morgan fingerprint density at radius 1 is 0.862 bits per heavy atom. The van der Waals surface area contributed by atoms with E-state index >= 15 is 0 Å². The topological polar surface area (TPSA) is 72.5 Å². The predicted octanol–water partition coefficient (Wildman–Crippen LogP) is 6.60. The maximum atomic E-state index is 12.2. The van der Waals surface area contributed by atoms with Gasteiger partial charge < -0.3 is 5.32 Å². The lowest BCUT2D eigenvalue weighted by Crippen LogP contribution is -2.01. The van der Waals surface area contributed by atoms with E-state index < -0.39 is 7.75 Å². The first kappa shape index (κ1) is 19.7. The molecule has 8 heteroatoms. The van der Waals surface area contributed by atoms with E-state index in [4.69, 9.17) is 25.6 Å². The van der Waals surface area contributed by atoms with E-state index in [1.165, 1.54) is 14.2 Å². The number of fused-ring (bicyclic) bond motifs is 2. The van der Waals surface area contributed by atoms with Crippen molar-refractivity contribution in [1.82, 2.24) is 4.98 Å². The predicted molar refractivity (Wildman–Crippen MR) is 119 cm³/mol. The van der Waals surface area contributed by atoms with Gasteiger partial charge >= 0.3 is 7.75 Å². The van der Waals surface area contributed by atoms with Crippen LogP contribution in [0.1, 0.15) is 0 Å². The molecule has 0 radical (unpaired) electrons. The van der Waals surface area contributed by atoms with Crippen molar-refractivity contribution in [1.29, 1.82) is 0 Å². The van der Waals surface area contributed by atoms with Gasteiger partial charge in [0.25, 0.3) is 0 Å². The standard InChI is InChI=1S/C21H19ClN3O3P/c1-27-29(26,28-2)25-16-10-8-15(9-11-16)23-21-17-5-3-4-6-19(17)24-20-12-7-14(22)13-18(20)21/h3-13H,1-2H3,(H,23,24)(H,25,26). The van der Waals surface area contributed by atoms with Crippen molar-refractivity contribution in [2.45, 2.75) is 0 Å². The summed E-state index contributed by atoms with van der Waals surface area (Å²) in [6, 6.07) is 20.9. The van der Waals surface area contributed by atoms with Crippen LogP contribution in [0.25, 0.3) is 21.8 Å². The van der Waals surface area contributed by atoms with Crippen LogP contribution in [0.3, 0.4) is 0 Å². The van der Waals surface area contributed by atoms with Crippen LogP contribution in [-0.4, -0.2) is 19.2 Å². The molecule has 29 heavy (non-hydrogen) atoms. The third kappa shape index (κ3) is 4.07. The second kappa shape index (κ2) is 8.01. The molecule has 6 nitrogen and oxygen atoms in total. The molecule has 0 saturated carbocycles. The van der Waals surface area contributed by atoms with Crippen molar-refractivity contribution >= 4 is 58.2 Å². The lowest BCUT2D eigenvalue weighted by Gasteiger charge is -2.17. The Morgan fingerprint density at radius 3 is 2.24 bits per heavy atom. The third-order valence-corrected chi connectivity index (χ3v) is 6.27. The fraction of sp³-hybridized carbons (Fsp3) is 0.0952. The summed E-state index contributed by atoms with van der Waals surface area (Å²) < 4.78 is 22.1. The highest BCUT2D eigenvalue weighted by Crippen LogP contribution is 2.46. The summed E-state index contributed by atoms with van der Waals surface area (Å²) in [5, 5.41) is 8.82. The van der Waals surface area contributed by atoms with Crippen LogP contribution in [0.5, 0.6) is 0 Å². The van der Waals surface area contributed by atoms with Gasteiger partial charge in [0, 0.05) is 41.4 Å². The molecule has 0 fully saturated rings. The maximum absolute atomic E-state index is 12.2. The van der Waals surface area contributed by atoms with Gasteiger partial charge in [-0.25, -0.2) is 9.55 Å². The lowest BCUT2D eigenvalue weighted by atomic mass is 10.1. The van der Waals surface area contributed by atoms with Crippen molar-refractivity contribution in [2.75, 3.05) is 24.6 Å². The molecule has 0 spiro atoms. The van der Waals surface area contributed by atoms with Gasteiger partial charge in [0.1, 0.15) is 0 Å². The Labute approximate surface area is 173 Å². The smallest absolute Gasteiger partial charge is 0.354 e. The van der Waals surface area contributed by atoms with Gasteiger partial charge in [-0.3, -0.25) is 14.1 Å². The van der Waals surface area contributed by atoms with Gasteiger partial charge in [-0.2, -0.15) is 0 Å². The number of nitrogens with zero attached hydrogens (tertiary/aromatic N) is 1. The van der Waals surface area contributed by atoms with Crippen molar-refractivity contribution in [3.8, 4) is 0 Å². The van der Waals surface area contributed by atoms with Crippen LogP contribution < -0.4 is 10.4 Å². The number of aromatic nitrogens is 1. The van der Waals surface area contributed by atoms with Crippen LogP contribution >= 0.6 is 19.3 Å². The molecule has 2 N–H and O–H groups in total. The summed E-state index contributed by atoms with van der Waals surface area (Å²) in [5.41, 5.74) is 4.15. The van der Waals surface area contributed by atoms with Crippen molar-refractivity contribution in [3.63, 3.8) is 0 Å². The van der Waals surface area contributed by atoms with E-state index in [9.17, 15) is 4.57 Å². The highest BCUT2D eigenvalue weighted by molar-refractivity contribution is 7.55. The van der Waals surface area contributed by atoms with E-state index in [1.54, 1.807) is 12.1 Å². The first-order valence-electron chi connectivity index (χ1n) is 8.86. The number of pyridine rings is 1. The average molecular weight is 428 g/mol. The molecular weight excluding hydrogens is 409 g/mol. The number of para-hydroxylation sites is 1. The van der Waals surface area contributed by atoms with Gasteiger partial charge in [-0.15, -0.1) is 0 Å². The van der Waals surface area contributed by atoms with Gasteiger partial charge in [0.2, 0.25) is 0 Å². The highest BCUT2D eigenvalue weighted by atomic mass is 35.5. The Bertz CT molecular complexity index is 1220. The third-order valence-electron chi connectivity index (χ3n) is 4.54. The Hall–Kier alpha value is -2.63. The van der Waals surface area contributed by atoms with Gasteiger partial charge in [0.15, 0.2) is 0 Å². The minimum Gasteiger partial charge on any atom is -0.354 e. The van der Waals surface area contributed by atoms with E-state index in [0.717, 1.165) is 33.2 Å². The van der Waals surface area contributed by atoms with E-state index in [1.807, 2.05) is 54.6 Å². The van der Waals surface area contributed by atoms with E-state index in [0.29, 0.717) is 10.7 Å². The van der Waals surface area contributed by atoms with Crippen molar-refractivity contribution in [2.24, 2.45) is 0 Å².